The Hall–Kier alpha value is -2.29. The molecule has 0 fully saturated rings. The molecule has 2 aromatic rings. The molecule has 26 heavy (non-hydrogen) atoms. The van der Waals surface area contributed by atoms with Gasteiger partial charge in [0.2, 0.25) is 5.56 Å². The van der Waals surface area contributed by atoms with Crippen LogP contribution in [-0.4, -0.2) is 20.1 Å². The van der Waals surface area contributed by atoms with E-state index in [4.69, 9.17) is 0 Å². The molecular weight excluding hydrogens is 354 g/mol. The fraction of sp³-hybridized carbons (Fsp3) is 0.333. The minimum Gasteiger partial charge on any atom is -0.327 e. The highest BCUT2D eigenvalue weighted by Gasteiger charge is 2.26. The lowest BCUT2D eigenvalue weighted by atomic mass is 9.99. The van der Waals surface area contributed by atoms with Crippen molar-refractivity contribution in [2.75, 3.05) is 5.32 Å². The molecule has 1 heterocycles. The lowest BCUT2D eigenvalue weighted by molar-refractivity contribution is 0.255. The van der Waals surface area contributed by atoms with Crippen molar-refractivity contribution < 1.29 is 13.9 Å². The van der Waals surface area contributed by atoms with E-state index < -0.39 is 16.8 Å². The zero-order valence-electron chi connectivity index (χ0n) is 14.2. The van der Waals surface area contributed by atoms with Gasteiger partial charge in [-0.3, -0.25) is 13.9 Å². The second-order valence-electron chi connectivity index (χ2n) is 6.73. The normalized spacial score (nSPS) is 16.1. The number of carbonyl (C=O) groups is 1. The zero-order chi connectivity index (χ0) is 18.3. The molecule has 1 aromatic carbocycles. The first kappa shape index (κ1) is 17.1. The molecular formula is C18H21N3O4S. The highest BCUT2D eigenvalue weighted by molar-refractivity contribution is 8.23. The summed E-state index contributed by atoms with van der Waals surface area (Å²) in [7, 11) is -3.56. The number of hydrogen-bond donors (Lipinski definition) is 5. The quantitative estimate of drug-likeness (QED) is 0.567. The molecule has 0 saturated carbocycles. The summed E-state index contributed by atoms with van der Waals surface area (Å²) < 4.78 is 22.8. The van der Waals surface area contributed by atoms with Crippen LogP contribution in [0.15, 0.2) is 34.1 Å². The van der Waals surface area contributed by atoms with Gasteiger partial charge < -0.3 is 10.3 Å². The average molecular weight is 375 g/mol. The molecule has 0 radical (unpaired) electrons. The van der Waals surface area contributed by atoms with E-state index >= 15 is 0 Å². The number of rotatable bonds is 3. The SMILES string of the molecule is O=C(Nc1c2c(cc3c1CCC3)CCC2)NS(O)(O)c1ccc(=O)[nH]c1. The lowest BCUT2D eigenvalue weighted by Gasteiger charge is -2.32. The maximum atomic E-state index is 12.5. The van der Waals surface area contributed by atoms with Crippen molar-refractivity contribution in [2.24, 2.45) is 0 Å². The van der Waals surface area contributed by atoms with Crippen LogP contribution in [-0.2, 0) is 25.7 Å². The van der Waals surface area contributed by atoms with Gasteiger partial charge in [0.1, 0.15) is 0 Å². The predicted octanol–water partition coefficient (Wildman–Crippen LogP) is 3.20. The summed E-state index contributed by atoms with van der Waals surface area (Å²) >= 11 is 0. The number of carbonyl (C=O) groups excluding carboxylic acids is 1. The molecule has 2 amide bonds. The topological polar surface area (TPSA) is 114 Å². The number of amides is 2. The number of aryl methyl sites for hydroxylation is 2. The van der Waals surface area contributed by atoms with Gasteiger partial charge in [-0.05, 0) is 66.8 Å². The van der Waals surface area contributed by atoms with Crippen molar-refractivity contribution in [1.82, 2.24) is 9.71 Å². The molecule has 0 spiro atoms. The number of urea groups is 1. The number of pyridine rings is 1. The lowest BCUT2D eigenvalue weighted by Crippen LogP contribution is -2.32. The summed E-state index contributed by atoms with van der Waals surface area (Å²) in [6, 6.07) is 4.07. The van der Waals surface area contributed by atoms with E-state index in [1.54, 1.807) is 0 Å². The summed E-state index contributed by atoms with van der Waals surface area (Å²) in [6.45, 7) is 0. The van der Waals surface area contributed by atoms with Crippen LogP contribution in [0.4, 0.5) is 10.5 Å². The largest absolute Gasteiger partial charge is 0.337 e. The van der Waals surface area contributed by atoms with Gasteiger partial charge >= 0.3 is 6.03 Å². The molecule has 0 aliphatic heterocycles. The Labute approximate surface area is 152 Å². The number of benzene rings is 1. The first-order chi connectivity index (χ1) is 12.4. The maximum absolute atomic E-state index is 12.5. The van der Waals surface area contributed by atoms with E-state index in [-0.39, 0.29) is 10.5 Å². The molecule has 8 heteroatoms. The van der Waals surface area contributed by atoms with Crippen molar-refractivity contribution in [3.63, 3.8) is 0 Å². The van der Waals surface area contributed by atoms with Crippen LogP contribution in [0.3, 0.4) is 0 Å². The predicted molar refractivity (Wildman–Crippen MR) is 101 cm³/mol. The van der Waals surface area contributed by atoms with Crippen molar-refractivity contribution in [3.8, 4) is 0 Å². The van der Waals surface area contributed by atoms with Crippen LogP contribution in [0, 0.1) is 0 Å². The first-order valence-corrected chi connectivity index (χ1v) is 10.2. The van der Waals surface area contributed by atoms with Crippen molar-refractivity contribution in [2.45, 2.75) is 43.4 Å². The second-order valence-corrected chi connectivity index (χ2v) is 8.50. The van der Waals surface area contributed by atoms with Gasteiger partial charge in [0, 0.05) is 18.0 Å². The van der Waals surface area contributed by atoms with Crippen LogP contribution in [0.2, 0.25) is 0 Å². The van der Waals surface area contributed by atoms with Crippen LogP contribution in [0.25, 0.3) is 0 Å². The van der Waals surface area contributed by atoms with Crippen LogP contribution < -0.4 is 15.6 Å². The molecule has 2 aliphatic carbocycles. The number of anilines is 1. The van der Waals surface area contributed by atoms with Gasteiger partial charge in [-0.15, -0.1) is 0 Å². The molecule has 7 nitrogen and oxygen atoms in total. The highest BCUT2D eigenvalue weighted by Crippen LogP contribution is 2.43. The number of fused-ring (bicyclic) bond motifs is 2. The number of nitrogens with one attached hydrogen (secondary N) is 3. The third-order valence-corrected chi connectivity index (χ3v) is 6.41. The Morgan fingerprint density at radius 3 is 2.27 bits per heavy atom. The number of aromatic nitrogens is 1. The molecule has 0 unspecified atom stereocenters. The van der Waals surface area contributed by atoms with Crippen molar-refractivity contribution in [3.05, 3.63) is 57.0 Å². The standard InChI is InChI=1S/C18H21N3O4S/c22-16-8-7-13(10-19-16)26(24,25)21-18(23)20-17-14-5-1-3-11(14)9-12-4-2-6-15(12)17/h7-10,24-25H,1-6H2,(H,19,22)(H2,20,21,23). The Morgan fingerprint density at radius 1 is 1.04 bits per heavy atom. The van der Waals surface area contributed by atoms with Crippen LogP contribution in [0.1, 0.15) is 35.1 Å². The highest BCUT2D eigenvalue weighted by atomic mass is 32.3. The van der Waals surface area contributed by atoms with Crippen molar-refractivity contribution in [1.29, 1.82) is 0 Å². The molecule has 2 aliphatic rings. The Morgan fingerprint density at radius 2 is 1.69 bits per heavy atom. The van der Waals surface area contributed by atoms with E-state index in [1.807, 2.05) is 0 Å². The zero-order valence-corrected chi connectivity index (χ0v) is 15.0. The number of hydrogen-bond acceptors (Lipinski definition) is 4. The summed E-state index contributed by atoms with van der Waals surface area (Å²) in [6.07, 6.45) is 7.22. The second kappa shape index (κ2) is 6.46. The molecule has 0 saturated heterocycles. The monoisotopic (exact) mass is 375 g/mol. The van der Waals surface area contributed by atoms with E-state index in [0.29, 0.717) is 0 Å². The third kappa shape index (κ3) is 3.11. The molecule has 138 valence electrons. The molecule has 0 atom stereocenters. The van der Waals surface area contributed by atoms with Crippen molar-refractivity contribution >= 4 is 22.5 Å². The minimum absolute atomic E-state index is 0.0516. The van der Waals surface area contributed by atoms with Gasteiger partial charge in [0.15, 0.2) is 0 Å². The van der Waals surface area contributed by atoms with Gasteiger partial charge in [-0.2, -0.15) is 0 Å². The van der Waals surface area contributed by atoms with E-state index in [1.165, 1.54) is 40.6 Å². The van der Waals surface area contributed by atoms with E-state index in [2.05, 4.69) is 21.1 Å². The smallest absolute Gasteiger partial charge is 0.327 e. The Bertz CT molecular complexity index is 886. The van der Waals surface area contributed by atoms with Gasteiger partial charge in [-0.1, -0.05) is 16.8 Å². The number of aromatic amines is 1. The maximum Gasteiger partial charge on any atom is 0.337 e. The summed E-state index contributed by atoms with van der Waals surface area (Å²) in [4.78, 5) is 26.0. The Balaban J connectivity index is 1.58. The fourth-order valence-corrected chi connectivity index (χ4v) is 4.78. The van der Waals surface area contributed by atoms with Gasteiger partial charge in [0.25, 0.3) is 0 Å². The summed E-state index contributed by atoms with van der Waals surface area (Å²) in [5, 5.41) is 2.86. The summed E-state index contributed by atoms with van der Waals surface area (Å²) in [5.74, 6) is 0. The van der Waals surface area contributed by atoms with Gasteiger partial charge in [-0.25, -0.2) is 9.52 Å². The van der Waals surface area contributed by atoms with E-state index in [0.717, 1.165) is 44.2 Å². The summed E-state index contributed by atoms with van der Waals surface area (Å²) in [5.41, 5.74) is 5.38. The third-order valence-electron chi connectivity index (χ3n) is 5.03. The van der Waals surface area contributed by atoms with Gasteiger partial charge in [0.05, 0.1) is 4.90 Å². The van der Waals surface area contributed by atoms with Crippen LogP contribution >= 0.6 is 10.8 Å². The van der Waals surface area contributed by atoms with E-state index in [9.17, 15) is 18.7 Å². The minimum atomic E-state index is -3.56. The average Bonchev–Trinajstić information content (AvgIpc) is 3.23. The van der Waals surface area contributed by atoms with Crippen LogP contribution in [0.5, 0.6) is 0 Å². The first-order valence-electron chi connectivity index (χ1n) is 8.66. The molecule has 5 N–H and O–H groups in total. The molecule has 4 rings (SSSR count). The molecule has 0 bridgehead atoms. The Kier molecular flexibility index (Phi) is 4.26. The fourth-order valence-electron chi connectivity index (χ4n) is 3.87. The number of H-pyrrole nitrogens is 1. The molecule has 1 aromatic heterocycles.